The summed E-state index contributed by atoms with van der Waals surface area (Å²) in [6.45, 7) is 6.46. The van der Waals surface area contributed by atoms with Gasteiger partial charge in [-0.25, -0.2) is 0 Å². The van der Waals surface area contributed by atoms with Crippen molar-refractivity contribution in [1.82, 2.24) is 0 Å². The molecule has 4 N–H and O–H groups in total. The van der Waals surface area contributed by atoms with Gasteiger partial charge in [-0.15, -0.1) is 0 Å². The van der Waals surface area contributed by atoms with Crippen LogP contribution < -0.4 is 11.5 Å². The molecule has 1 aliphatic carbocycles. The number of primary amides is 2. The van der Waals surface area contributed by atoms with Gasteiger partial charge in [-0.05, 0) is 30.1 Å². The van der Waals surface area contributed by atoms with Crippen molar-refractivity contribution >= 4 is 11.8 Å². The molecule has 4 heteroatoms. The highest BCUT2D eigenvalue weighted by atomic mass is 16.2. The summed E-state index contributed by atoms with van der Waals surface area (Å²) in [6, 6.07) is 0. The molecule has 0 heterocycles. The quantitative estimate of drug-likeness (QED) is 0.784. The first-order valence-corrected chi connectivity index (χ1v) is 6.86. The third-order valence-corrected chi connectivity index (χ3v) is 4.68. The third kappa shape index (κ3) is 3.03. The van der Waals surface area contributed by atoms with Crippen molar-refractivity contribution in [2.45, 2.75) is 52.9 Å². The fraction of sp³-hybridized carbons (Fsp3) is 0.857. The first-order valence-electron chi connectivity index (χ1n) is 6.86. The zero-order valence-electron chi connectivity index (χ0n) is 11.7. The molecule has 0 bridgehead atoms. The molecule has 2 amide bonds. The lowest BCUT2D eigenvalue weighted by Gasteiger charge is -2.47. The predicted molar refractivity (Wildman–Crippen MR) is 71.4 cm³/mol. The molecule has 18 heavy (non-hydrogen) atoms. The van der Waals surface area contributed by atoms with Crippen molar-refractivity contribution in [3.63, 3.8) is 0 Å². The van der Waals surface area contributed by atoms with Crippen molar-refractivity contribution < 1.29 is 9.59 Å². The average Bonchev–Trinajstić information content (AvgIpc) is 2.25. The molecular formula is C14H26N2O2. The number of carbonyl (C=O) groups is 2. The molecular weight excluding hydrogens is 228 g/mol. The van der Waals surface area contributed by atoms with E-state index in [1.54, 1.807) is 0 Å². The van der Waals surface area contributed by atoms with Crippen LogP contribution in [0.5, 0.6) is 0 Å². The van der Waals surface area contributed by atoms with Crippen molar-refractivity contribution in [3.8, 4) is 0 Å². The van der Waals surface area contributed by atoms with Crippen LogP contribution in [0.2, 0.25) is 0 Å². The molecule has 0 aliphatic heterocycles. The number of hydrogen-bond donors (Lipinski definition) is 2. The lowest BCUT2D eigenvalue weighted by atomic mass is 9.57. The van der Waals surface area contributed by atoms with E-state index in [0.29, 0.717) is 11.8 Å². The minimum Gasteiger partial charge on any atom is -0.370 e. The molecule has 1 rings (SSSR count). The van der Waals surface area contributed by atoms with E-state index in [1.807, 2.05) is 0 Å². The maximum Gasteiger partial charge on any atom is 0.221 e. The van der Waals surface area contributed by atoms with E-state index in [9.17, 15) is 9.59 Å². The fourth-order valence-electron chi connectivity index (χ4n) is 3.77. The van der Waals surface area contributed by atoms with Crippen LogP contribution in [0.4, 0.5) is 0 Å². The number of rotatable bonds is 5. The summed E-state index contributed by atoms with van der Waals surface area (Å²) in [4.78, 5) is 22.9. The van der Waals surface area contributed by atoms with Crippen LogP contribution in [-0.4, -0.2) is 11.8 Å². The van der Waals surface area contributed by atoms with E-state index in [2.05, 4.69) is 20.8 Å². The van der Waals surface area contributed by atoms with E-state index in [-0.39, 0.29) is 17.7 Å². The molecule has 4 nitrogen and oxygen atoms in total. The van der Waals surface area contributed by atoms with Gasteiger partial charge in [0.25, 0.3) is 0 Å². The Bertz CT molecular complexity index is 328. The van der Waals surface area contributed by atoms with Crippen LogP contribution in [0.3, 0.4) is 0 Å². The number of hydrogen-bond acceptors (Lipinski definition) is 2. The zero-order valence-corrected chi connectivity index (χ0v) is 11.7. The Morgan fingerprint density at radius 2 is 1.89 bits per heavy atom. The van der Waals surface area contributed by atoms with Gasteiger partial charge in [0.15, 0.2) is 0 Å². The Kier molecular flexibility index (Phi) is 4.77. The van der Waals surface area contributed by atoms with Gasteiger partial charge in [-0.2, -0.15) is 0 Å². The summed E-state index contributed by atoms with van der Waals surface area (Å²) < 4.78 is 0. The van der Waals surface area contributed by atoms with E-state index in [0.717, 1.165) is 19.3 Å². The smallest absolute Gasteiger partial charge is 0.221 e. The summed E-state index contributed by atoms with van der Waals surface area (Å²) in [7, 11) is 0. The molecule has 0 aromatic carbocycles. The van der Waals surface area contributed by atoms with Gasteiger partial charge in [-0.3, -0.25) is 9.59 Å². The fourth-order valence-corrected chi connectivity index (χ4v) is 3.77. The molecule has 0 aromatic rings. The minimum atomic E-state index is -0.437. The number of carbonyl (C=O) groups excluding carboxylic acids is 2. The zero-order chi connectivity index (χ0) is 13.9. The largest absolute Gasteiger partial charge is 0.370 e. The molecule has 3 unspecified atom stereocenters. The van der Waals surface area contributed by atoms with E-state index in [4.69, 9.17) is 11.5 Å². The minimum absolute atomic E-state index is 0.0784. The van der Waals surface area contributed by atoms with Crippen LogP contribution in [0, 0.1) is 23.2 Å². The molecule has 0 radical (unpaired) electrons. The Morgan fingerprint density at radius 3 is 2.33 bits per heavy atom. The first-order chi connectivity index (χ1) is 8.29. The normalized spacial score (nSPS) is 30.1. The molecule has 0 spiro atoms. The summed E-state index contributed by atoms with van der Waals surface area (Å²) in [5.74, 6) is -0.326. The van der Waals surface area contributed by atoms with Gasteiger partial charge in [0.1, 0.15) is 0 Å². The van der Waals surface area contributed by atoms with E-state index >= 15 is 0 Å². The van der Waals surface area contributed by atoms with Crippen molar-refractivity contribution in [2.75, 3.05) is 0 Å². The maximum atomic E-state index is 11.7. The SMILES string of the molecule is CC(C)C1CCCCC1(C)C(CC(N)=O)C(N)=O. The van der Waals surface area contributed by atoms with Crippen LogP contribution >= 0.6 is 0 Å². The molecule has 104 valence electrons. The molecule has 0 saturated heterocycles. The van der Waals surface area contributed by atoms with Crippen LogP contribution in [-0.2, 0) is 9.59 Å². The molecule has 1 fully saturated rings. The number of nitrogens with two attached hydrogens (primary N) is 2. The third-order valence-electron chi connectivity index (χ3n) is 4.68. The Labute approximate surface area is 109 Å². The van der Waals surface area contributed by atoms with Crippen molar-refractivity contribution in [2.24, 2.45) is 34.6 Å². The van der Waals surface area contributed by atoms with Gasteiger partial charge < -0.3 is 11.5 Å². The van der Waals surface area contributed by atoms with Gasteiger partial charge in [0.05, 0.1) is 5.92 Å². The van der Waals surface area contributed by atoms with Gasteiger partial charge in [-0.1, -0.05) is 33.6 Å². The highest BCUT2D eigenvalue weighted by Gasteiger charge is 2.46. The summed E-state index contributed by atoms with van der Waals surface area (Å²) >= 11 is 0. The van der Waals surface area contributed by atoms with Crippen molar-refractivity contribution in [1.29, 1.82) is 0 Å². The molecule has 1 aliphatic rings. The topological polar surface area (TPSA) is 86.2 Å². The second-order valence-corrected chi connectivity index (χ2v) is 6.23. The highest BCUT2D eigenvalue weighted by Crippen LogP contribution is 2.50. The highest BCUT2D eigenvalue weighted by molar-refractivity contribution is 5.84. The Morgan fingerprint density at radius 1 is 1.28 bits per heavy atom. The lowest BCUT2D eigenvalue weighted by Crippen LogP contribution is -2.47. The standard InChI is InChI=1S/C14H26N2O2/c1-9(2)10-6-4-5-7-14(10,3)11(13(16)18)8-12(15)17/h9-11H,4-8H2,1-3H3,(H2,15,17)(H2,16,18). The molecule has 1 saturated carbocycles. The maximum absolute atomic E-state index is 11.7. The van der Waals surface area contributed by atoms with Crippen LogP contribution in [0.1, 0.15) is 52.9 Å². The van der Waals surface area contributed by atoms with Crippen LogP contribution in [0.15, 0.2) is 0 Å². The van der Waals surface area contributed by atoms with Crippen LogP contribution in [0.25, 0.3) is 0 Å². The van der Waals surface area contributed by atoms with Gasteiger partial charge in [0.2, 0.25) is 11.8 Å². The average molecular weight is 254 g/mol. The summed E-state index contributed by atoms with van der Waals surface area (Å²) in [6.07, 6.45) is 4.44. The lowest BCUT2D eigenvalue weighted by molar-refractivity contribution is -0.135. The first kappa shape index (κ1) is 15.0. The molecule has 0 aromatic heterocycles. The van der Waals surface area contributed by atoms with Gasteiger partial charge >= 0.3 is 0 Å². The van der Waals surface area contributed by atoms with E-state index in [1.165, 1.54) is 6.42 Å². The predicted octanol–water partition coefficient (Wildman–Crippen LogP) is 1.82. The summed E-state index contributed by atoms with van der Waals surface area (Å²) in [5, 5.41) is 0. The monoisotopic (exact) mass is 254 g/mol. The van der Waals surface area contributed by atoms with Gasteiger partial charge in [0, 0.05) is 6.42 Å². The molecule has 3 atom stereocenters. The Balaban J connectivity index is 3.03. The van der Waals surface area contributed by atoms with Crippen molar-refractivity contribution in [3.05, 3.63) is 0 Å². The Hall–Kier alpha value is -1.06. The van der Waals surface area contributed by atoms with E-state index < -0.39 is 11.8 Å². The second kappa shape index (κ2) is 5.72. The summed E-state index contributed by atoms with van der Waals surface area (Å²) in [5.41, 5.74) is 10.6. The number of amides is 2. The second-order valence-electron chi connectivity index (χ2n) is 6.23.